The van der Waals surface area contributed by atoms with Gasteiger partial charge in [0.05, 0.1) is 74.5 Å². The number of hydrogen-bond donors (Lipinski definition) is 2. The Hall–Kier alpha value is -4.74. The molecule has 0 aliphatic carbocycles. The van der Waals surface area contributed by atoms with Crippen molar-refractivity contribution in [2.75, 3.05) is 70.7 Å². The molecule has 1 heterocycles. The van der Waals surface area contributed by atoms with Gasteiger partial charge in [0, 0.05) is 38.3 Å². The van der Waals surface area contributed by atoms with Crippen LogP contribution in [0.5, 0.6) is 17.2 Å². The minimum absolute atomic E-state index is 0.0473. The average molecular weight is 729 g/mol. The summed E-state index contributed by atoms with van der Waals surface area (Å²) in [7, 11) is -1.02. The molecular weight excluding hydrogens is 684 g/mol. The number of nitrogens with one attached hydrogen (secondary N) is 2. The van der Waals surface area contributed by atoms with Gasteiger partial charge in [0.2, 0.25) is 0 Å². The summed E-state index contributed by atoms with van der Waals surface area (Å²) in [4.78, 5) is 35.6. The summed E-state index contributed by atoms with van der Waals surface area (Å²) >= 11 is 0. The van der Waals surface area contributed by atoms with Gasteiger partial charge in [-0.1, -0.05) is 19.1 Å². The van der Waals surface area contributed by atoms with Crippen molar-refractivity contribution in [3.63, 3.8) is 0 Å². The maximum Gasteiger partial charge on any atom is 0.328 e. The number of nitrogens with zero attached hydrogens (tertiary/aromatic N) is 2. The zero-order valence-corrected chi connectivity index (χ0v) is 29.7. The molecule has 0 unspecified atom stereocenters. The summed E-state index contributed by atoms with van der Waals surface area (Å²) in [6.45, 7) is 5.09. The number of sulfonamides is 1. The molecule has 2 N–H and O–H groups in total. The van der Waals surface area contributed by atoms with E-state index >= 15 is 0 Å². The van der Waals surface area contributed by atoms with E-state index in [1.807, 2.05) is 6.92 Å². The molecule has 0 aliphatic rings. The number of amides is 1. The fourth-order valence-corrected chi connectivity index (χ4v) is 5.91. The number of carbonyl (C=O) groups is 2. The van der Waals surface area contributed by atoms with Crippen LogP contribution in [0.4, 0.5) is 5.69 Å². The van der Waals surface area contributed by atoms with E-state index in [4.69, 9.17) is 28.4 Å². The molecule has 0 saturated carbocycles. The molecule has 0 saturated heterocycles. The first-order valence-corrected chi connectivity index (χ1v) is 17.9. The molecule has 15 nitrogen and oxygen atoms in total. The van der Waals surface area contributed by atoms with E-state index in [-0.39, 0.29) is 47.3 Å². The highest BCUT2D eigenvalue weighted by Crippen LogP contribution is 2.36. The Morgan fingerprint density at radius 3 is 2.10 bits per heavy atom. The zero-order chi connectivity index (χ0) is 36.6. The van der Waals surface area contributed by atoms with Crippen LogP contribution in [0.25, 0.3) is 11.0 Å². The fraction of sp³-hybridized carbons (Fsp3) is 0.400. The third-order valence-electron chi connectivity index (χ3n) is 7.36. The lowest BCUT2D eigenvalue weighted by atomic mass is 10.2. The minimum Gasteiger partial charge on any atom is -0.493 e. The largest absolute Gasteiger partial charge is 0.493 e. The van der Waals surface area contributed by atoms with Crippen molar-refractivity contribution in [1.82, 2.24) is 14.5 Å². The molecule has 0 spiro atoms. The molecule has 16 heteroatoms. The molecule has 0 radical (unpaired) electrons. The summed E-state index contributed by atoms with van der Waals surface area (Å²) < 4.78 is 65.9. The highest BCUT2D eigenvalue weighted by atomic mass is 32.2. The molecule has 276 valence electrons. The lowest BCUT2D eigenvalue weighted by Crippen LogP contribution is -2.28. The van der Waals surface area contributed by atoms with Crippen LogP contribution in [0.1, 0.15) is 23.7 Å². The van der Waals surface area contributed by atoms with E-state index in [9.17, 15) is 22.8 Å². The van der Waals surface area contributed by atoms with Crippen molar-refractivity contribution in [3.8, 4) is 17.2 Å². The van der Waals surface area contributed by atoms with Crippen LogP contribution in [0.15, 0.2) is 70.4 Å². The Kier molecular flexibility index (Phi) is 15.0. The molecule has 1 amide bonds. The molecule has 3 aromatic carbocycles. The lowest BCUT2D eigenvalue weighted by Gasteiger charge is -2.15. The van der Waals surface area contributed by atoms with Gasteiger partial charge in [-0.15, -0.1) is 0 Å². The Bertz CT molecular complexity index is 1920. The Morgan fingerprint density at radius 2 is 1.41 bits per heavy atom. The Balaban J connectivity index is 1.36. The number of anilines is 1. The van der Waals surface area contributed by atoms with Gasteiger partial charge in [0.1, 0.15) is 24.4 Å². The quantitative estimate of drug-likeness (QED) is 0.0848. The molecule has 51 heavy (non-hydrogen) atoms. The number of benzene rings is 3. The van der Waals surface area contributed by atoms with Crippen molar-refractivity contribution >= 4 is 38.9 Å². The molecule has 0 bridgehead atoms. The summed E-state index contributed by atoms with van der Waals surface area (Å²) in [5.41, 5.74) is 0.957. The van der Waals surface area contributed by atoms with Crippen molar-refractivity contribution in [2.24, 2.45) is 14.1 Å². The first-order chi connectivity index (χ1) is 24.6. The van der Waals surface area contributed by atoms with Gasteiger partial charge in [-0.25, -0.2) is 13.2 Å². The summed E-state index contributed by atoms with van der Waals surface area (Å²) in [6, 6.07) is 15.7. The highest BCUT2D eigenvalue weighted by Gasteiger charge is 2.21. The lowest BCUT2D eigenvalue weighted by molar-refractivity contribution is -0.112. The number of imidazole rings is 1. The third-order valence-corrected chi connectivity index (χ3v) is 8.73. The van der Waals surface area contributed by atoms with Crippen LogP contribution in [-0.4, -0.2) is 95.8 Å². The second-order valence-electron chi connectivity index (χ2n) is 11.1. The summed E-state index contributed by atoms with van der Waals surface area (Å²) in [6.07, 6.45) is 1.50. The number of aldehydes is 1. The van der Waals surface area contributed by atoms with Gasteiger partial charge in [0.25, 0.3) is 15.9 Å². The van der Waals surface area contributed by atoms with Crippen LogP contribution >= 0.6 is 0 Å². The maximum absolute atomic E-state index is 13.7. The molecule has 4 rings (SSSR count). The number of rotatable bonds is 23. The monoisotopic (exact) mass is 728 g/mol. The van der Waals surface area contributed by atoms with E-state index in [1.54, 1.807) is 44.4 Å². The van der Waals surface area contributed by atoms with Crippen LogP contribution in [0.2, 0.25) is 0 Å². The highest BCUT2D eigenvalue weighted by molar-refractivity contribution is 7.92. The van der Waals surface area contributed by atoms with Gasteiger partial charge >= 0.3 is 5.69 Å². The Morgan fingerprint density at radius 1 is 0.784 bits per heavy atom. The first-order valence-electron chi connectivity index (χ1n) is 16.4. The molecule has 0 atom stereocenters. The Labute approximate surface area is 296 Å². The van der Waals surface area contributed by atoms with E-state index in [1.165, 1.54) is 39.5 Å². The van der Waals surface area contributed by atoms with Crippen molar-refractivity contribution in [1.29, 1.82) is 0 Å². The summed E-state index contributed by atoms with van der Waals surface area (Å²) in [5.74, 6) is 0.676. The number of aromatic nitrogens is 2. The smallest absolute Gasteiger partial charge is 0.328 e. The molecule has 0 aliphatic heterocycles. The zero-order valence-electron chi connectivity index (χ0n) is 28.9. The van der Waals surface area contributed by atoms with E-state index in [0.29, 0.717) is 75.1 Å². The van der Waals surface area contributed by atoms with Gasteiger partial charge < -0.3 is 38.5 Å². The first kappa shape index (κ1) is 39.1. The second kappa shape index (κ2) is 19.6. The summed E-state index contributed by atoms with van der Waals surface area (Å²) in [5, 5.41) is 2.72. The fourth-order valence-electron chi connectivity index (χ4n) is 4.80. The second-order valence-corrected chi connectivity index (χ2v) is 12.8. The van der Waals surface area contributed by atoms with E-state index in [2.05, 4.69) is 10.0 Å². The number of fused-ring (bicyclic) bond motifs is 1. The van der Waals surface area contributed by atoms with Gasteiger partial charge in [-0.05, 0) is 42.8 Å². The number of aryl methyl sites for hydroxylation is 2. The molecule has 1 aromatic heterocycles. The van der Waals surface area contributed by atoms with Crippen LogP contribution in [-0.2, 0) is 47.9 Å². The van der Waals surface area contributed by atoms with E-state index < -0.39 is 15.9 Å². The average Bonchev–Trinajstić information content (AvgIpc) is 3.33. The number of carbonyl (C=O) groups excluding carboxylic acids is 2. The number of ether oxygens (including phenoxy) is 6. The van der Waals surface area contributed by atoms with Gasteiger partial charge in [0.15, 0.2) is 5.75 Å². The third kappa shape index (κ3) is 11.4. The predicted octanol–water partition coefficient (Wildman–Crippen LogP) is 3.25. The number of hydrogen-bond acceptors (Lipinski definition) is 11. The maximum atomic E-state index is 13.7. The SMILES string of the molecule is CCCOc1cccc(Oc2cc3c(cc2NS(=O)(=O)c2cccc(C(=O)NCCOCCOCCOCCOCC=O)c2)n(C)c(=O)n3C)c1. The normalized spacial score (nSPS) is 11.4. The van der Waals surface area contributed by atoms with Crippen molar-refractivity contribution in [3.05, 3.63) is 76.7 Å². The van der Waals surface area contributed by atoms with Crippen molar-refractivity contribution in [2.45, 2.75) is 18.2 Å². The van der Waals surface area contributed by atoms with Crippen molar-refractivity contribution < 1.29 is 46.4 Å². The molecule has 4 aromatic rings. The topological polar surface area (TPSA) is 175 Å². The van der Waals surface area contributed by atoms with Crippen LogP contribution in [0.3, 0.4) is 0 Å². The standard InChI is InChI=1S/C35H44N4O11S/c1-4-13-49-27-8-6-9-28(23-27)50-33-25-32-31(38(2)35(42)39(32)3)24-30(33)37-51(43,44)29-10-5-7-26(22-29)34(41)36-11-14-45-16-18-47-20-21-48-19-17-46-15-12-40/h5-10,12,22-25,37H,4,11,13-21H2,1-3H3,(H,36,41). The van der Waals surface area contributed by atoms with Gasteiger partial charge in [-0.3, -0.25) is 18.7 Å². The molecular formula is C35H44N4O11S. The minimum atomic E-state index is -4.23. The predicted molar refractivity (Wildman–Crippen MR) is 189 cm³/mol. The van der Waals surface area contributed by atoms with Gasteiger partial charge in [-0.2, -0.15) is 0 Å². The van der Waals surface area contributed by atoms with Crippen LogP contribution < -0.4 is 25.2 Å². The van der Waals surface area contributed by atoms with Crippen LogP contribution in [0, 0.1) is 0 Å². The molecule has 0 fully saturated rings. The van der Waals surface area contributed by atoms with E-state index in [0.717, 1.165) is 6.42 Å².